The number of oxazole rings is 1. The fourth-order valence-corrected chi connectivity index (χ4v) is 1.98. The van der Waals surface area contributed by atoms with Crippen molar-refractivity contribution >= 4 is 27.0 Å². The van der Waals surface area contributed by atoms with Crippen LogP contribution in [-0.2, 0) is 6.61 Å². The third-order valence-electron chi connectivity index (χ3n) is 2.20. The zero-order valence-corrected chi connectivity index (χ0v) is 10.2. The van der Waals surface area contributed by atoms with E-state index in [9.17, 15) is 0 Å². The Hall–Kier alpha value is -0.870. The number of rotatable bonds is 2. The average molecular weight is 270 g/mol. The Morgan fingerprint density at radius 2 is 2.20 bits per heavy atom. The van der Waals surface area contributed by atoms with Crippen LogP contribution in [0.1, 0.15) is 31.2 Å². The molecule has 0 bridgehead atoms. The molecule has 80 valence electrons. The normalized spacial score (nSPS) is 11.5. The Morgan fingerprint density at radius 3 is 2.80 bits per heavy atom. The first-order chi connectivity index (χ1) is 7.11. The molecule has 0 aliphatic heterocycles. The van der Waals surface area contributed by atoms with Gasteiger partial charge >= 0.3 is 0 Å². The van der Waals surface area contributed by atoms with Crippen molar-refractivity contribution in [1.29, 1.82) is 0 Å². The Kier molecular flexibility index (Phi) is 2.80. The van der Waals surface area contributed by atoms with Crippen LogP contribution in [0.25, 0.3) is 11.1 Å². The maximum Gasteiger partial charge on any atom is 0.198 e. The first kappa shape index (κ1) is 10.6. The average Bonchev–Trinajstić information content (AvgIpc) is 2.61. The molecule has 0 fully saturated rings. The number of aromatic nitrogens is 1. The summed E-state index contributed by atoms with van der Waals surface area (Å²) in [5.74, 6) is 0.989. The van der Waals surface area contributed by atoms with E-state index in [-0.39, 0.29) is 12.5 Å². The lowest BCUT2D eigenvalue weighted by atomic mass is 10.2. The molecule has 1 aromatic carbocycles. The van der Waals surface area contributed by atoms with Crippen LogP contribution in [0.4, 0.5) is 0 Å². The smallest absolute Gasteiger partial charge is 0.198 e. The van der Waals surface area contributed by atoms with Gasteiger partial charge in [0.25, 0.3) is 0 Å². The van der Waals surface area contributed by atoms with Gasteiger partial charge in [0.2, 0.25) is 0 Å². The molecule has 15 heavy (non-hydrogen) atoms. The van der Waals surface area contributed by atoms with Gasteiger partial charge in [0.1, 0.15) is 5.52 Å². The molecule has 1 heterocycles. The summed E-state index contributed by atoms with van der Waals surface area (Å²) in [7, 11) is 0. The maximum atomic E-state index is 9.06. The second-order valence-electron chi connectivity index (χ2n) is 3.79. The topological polar surface area (TPSA) is 46.3 Å². The molecule has 1 aromatic heterocycles. The predicted octanol–water partition coefficient (Wildman–Crippen LogP) is 3.21. The fraction of sp³-hybridized carbons (Fsp3) is 0.364. The van der Waals surface area contributed by atoms with Crippen molar-refractivity contribution in [2.45, 2.75) is 26.4 Å². The molecule has 2 rings (SSSR count). The summed E-state index contributed by atoms with van der Waals surface area (Å²) >= 11 is 3.41. The molecule has 2 aromatic rings. The van der Waals surface area contributed by atoms with Crippen LogP contribution in [0.3, 0.4) is 0 Å². The molecule has 0 unspecified atom stereocenters. The number of fused-ring (bicyclic) bond motifs is 1. The minimum Gasteiger partial charge on any atom is -0.439 e. The largest absolute Gasteiger partial charge is 0.439 e. The summed E-state index contributed by atoms with van der Waals surface area (Å²) in [5.41, 5.74) is 2.37. The molecule has 0 aliphatic rings. The van der Waals surface area contributed by atoms with Crippen molar-refractivity contribution in [3.05, 3.63) is 28.1 Å². The van der Waals surface area contributed by atoms with Crippen molar-refractivity contribution in [2.75, 3.05) is 0 Å². The van der Waals surface area contributed by atoms with Crippen molar-refractivity contribution in [3.8, 4) is 0 Å². The third-order valence-corrected chi connectivity index (χ3v) is 2.79. The highest BCUT2D eigenvalue weighted by Crippen LogP contribution is 2.28. The van der Waals surface area contributed by atoms with E-state index < -0.39 is 0 Å². The molecule has 0 aliphatic carbocycles. The van der Waals surface area contributed by atoms with Crippen LogP contribution < -0.4 is 0 Å². The highest BCUT2D eigenvalue weighted by atomic mass is 79.9. The van der Waals surface area contributed by atoms with E-state index in [4.69, 9.17) is 9.52 Å². The Balaban J connectivity index is 2.64. The molecule has 1 N–H and O–H groups in total. The van der Waals surface area contributed by atoms with Crippen LogP contribution in [0.15, 0.2) is 21.0 Å². The Morgan fingerprint density at radius 1 is 1.47 bits per heavy atom. The lowest BCUT2D eigenvalue weighted by Gasteiger charge is -1.96. The predicted molar refractivity (Wildman–Crippen MR) is 61.7 cm³/mol. The van der Waals surface area contributed by atoms with E-state index in [1.165, 1.54) is 0 Å². The number of aliphatic hydroxyl groups is 1. The van der Waals surface area contributed by atoms with Crippen LogP contribution in [0.5, 0.6) is 0 Å². The van der Waals surface area contributed by atoms with Gasteiger partial charge in [0, 0.05) is 5.92 Å². The van der Waals surface area contributed by atoms with Gasteiger partial charge < -0.3 is 9.52 Å². The minimum atomic E-state index is 0.0123. The van der Waals surface area contributed by atoms with Crippen LogP contribution in [-0.4, -0.2) is 10.1 Å². The zero-order chi connectivity index (χ0) is 11.0. The van der Waals surface area contributed by atoms with E-state index >= 15 is 0 Å². The van der Waals surface area contributed by atoms with Crippen LogP contribution >= 0.6 is 15.9 Å². The fourth-order valence-electron chi connectivity index (χ4n) is 1.40. The van der Waals surface area contributed by atoms with Crippen LogP contribution in [0.2, 0.25) is 0 Å². The lowest BCUT2D eigenvalue weighted by Crippen LogP contribution is -1.85. The van der Waals surface area contributed by atoms with E-state index in [1.54, 1.807) is 0 Å². The number of hydrogen-bond acceptors (Lipinski definition) is 3. The molecule has 0 saturated carbocycles. The van der Waals surface area contributed by atoms with Crippen molar-refractivity contribution in [2.24, 2.45) is 0 Å². The molecule has 0 radical (unpaired) electrons. The van der Waals surface area contributed by atoms with Gasteiger partial charge in [0.05, 0.1) is 11.1 Å². The molecule has 0 atom stereocenters. The summed E-state index contributed by atoms with van der Waals surface area (Å²) in [6, 6.07) is 3.69. The van der Waals surface area contributed by atoms with Crippen molar-refractivity contribution < 1.29 is 9.52 Å². The summed E-state index contributed by atoms with van der Waals surface area (Å²) in [5, 5.41) is 9.06. The van der Waals surface area contributed by atoms with Crippen molar-refractivity contribution in [3.63, 3.8) is 0 Å². The quantitative estimate of drug-likeness (QED) is 0.911. The van der Waals surface area contributed by atoms with Gasteiger partial charge in [-0.25, -0.2) is 4.98 Å². The molecule has 0 amide bonds. The van der Waals surface area contributed by atoms with Gasteiger partial charge in [-0.1, -0.05) is 13.8 Å². The minimum absolute atomic E-state index is 0.0123. The Labute approximate surface area is 96.2 Å². The van der Waals surface area contributed by atoms with E-state index in [0.717, 1.165) is 27.0 Å². The summed E-state index contributed by atoms with van der Waals surface area (Å²) in [6.45, 7) is 4.08. The first-order valence-electron chi connectivity index (χ1n) is 4.81. The molecule has 4 heteroatoms. The van der Waals surface area contributed by atoms with Gasteiger partial charge in [0.15, 0.2) is 11.5 Å². The zero-order valence-electron chi connectivity index (χ0n) is 8.62. The molecule has 0 saturated heterocycles. The summed E-state index contributed by atoms with van der Waals surface area (Å²) in [6.07, 6.45) is 0. The van der Waals surface area contributed by atoms with E-state index in [1.807, 2.05) is 26.0 Å². The van der Waals surface area contributed by atoms with Crippen molar-refractivity contribution in [1.82, 2.24) is 4.98 Å². The van der Waals surface area contributed by atoms with Gasteiger partial charge in [-0.2, -0.15) is 0 Å². The highest BCUT2D eigenvalue weighted by Gasteiger charge is 2.12. The van der Waals surface area contributed by atoms with E-state index in [2.05, 4.69) is 20.9 Å². The number of benzene rings is 1. The molecular formula is C11H12BrNO2. The van der Waals surface area contributed by atoms with Gasteiger partial charge in [-0.15, -0.1) is 0 Å². The van der Waals surface area contributed by atoms with Crippen LogP contribution in [0, 0.1) is 0 Å². The first-order valence-corrected chi connectivity index (χ1v) is 5.61. The maximum absolute atomic E-state index is 9.06. The Bertz CT molecular complexity index is 491. The third kappa shape index (κ3) is 1.92. The highest BCUT2D eigenvalue weighted by molar-refractivity contribution is 9.10. The summed E-state index contributed by atoms with van der Waals surface area (Å²) in [4.78, 5) is 4.37. The second kappa shape index (κ2) is 3.94. The second-order valence-corrected chi connectivity index (χ2v) is 4.65. The molecule has 0 spiro atoms. The summed E-state index contributed by atoms with van der Waals surface area (Å²) < 4.78 is 6.46. The van der Waals surface area contributed by atoms with Gasteiger partial charge in [-0.3, -0.25) is 0 Å². The molecular weight excluding hydrogens is 258 g/mol. The number of hydrogen-bond donors (Lipinski definition) is 1. The van der Waals surface area contributed by atoms with E-state index in [0.29, 0.717) is 0 Å². The number of aliphatic hydroxyl groups excluding tert-OH is 1. The lowest BCUT2D eigenvalue weighted by molar-refractivity contribution is 0.282. The number of nitrogens with zero attached hydrogens (tertiary/aromatic N) is 1. The number of halogens is 1. The monoisotopic (exact) mass is 269 g/mol. The standard InChI is InChI=1S/C11H12BrNO2/c1-6(2)11-13-9-4-7(5-14)3-8(12)10(9)15-11/h3-4,6,14H,5H2,1-2H3. The SMILES string of the molecule is CC(C)c1nc2cc(CO)cc(Br)c2o1. The van der Waals surface area contributed by atoms with Gasteiger partial charge in [-0.05, 0) is 33.6 Å². The molecule has 3 nitrogen and oxygen atoms in total.